The molecule has 1 aromatic carbocycles. The molecule has 1 rings (SSSR count). The van der Waals surface area contributed by atoms with Crippen LogP contribution in [0.25, 0.3) is 0 Å². The van der Waals surface area contributed by atoms with Gasteiger partial charge in [-0.05, 0) is 19.1 Å². The maximum atomic E-state index is 11.5. The van der Waals surface area contributed by atoms with Crippen molar-refractivity contribution in [3.63, 3.8) is 0 Å². The molecule has 5 heteroatoms. The standard InChI is InChI=1S/C12H18N4O/c1-8-3-5-10(6-4-8)16-12(17)15-7-9(2)11(13)14/h3-6,9H,7H2,1-2H3,(H3,13,14)(H2,15,16,17). The number of aryl methyl sites for hydroxylation is 1. The predicted molar refractivity (Wildman–Crippen MR) is 69.3 cm³/mol. The van der Waals surface area contributed by atoms with Gasteiger partial charge in [0.05, 0.1) is 5.84 Å². The number of carbonyl (C=O) groups excluding carboxylic acids is 1. The molecule has 0 radical (unpaired) electrons. The highest BCUT2D eigenvalue weighted by Crippen LogP contribution is 2.08. The average Bonchev–Trinajstić information content (AvgIpc) is 2.29. The second-order valence-electron chi connectivity index (χ2n) is 4.06. The second-order valence-corrected chi connectivity index (χ2v) is 4.06. The number of carbonyl (C=O) groups is 1. The van der Waals surface area contributed by atoms with E-state index in [0.29, 0.717) is 6.54 Å². The highest BCUT2D eigenvalue weighted by atomic mass is 16.2. The Morgan fingerprint density at radius 1 is 1.41 bits per heavy atom. The highest BCUT2D eigenvalue weighted by molar-refractivity contribution is 5.89. The van der Waals surface area contributed by atoms with Crippen LogP contribution in [0.15, 0.2) is 24.3 Å². The van der Waals surface area contributed by atoms with Crippen molar-refractivity contribution < 1.29 is 4.79 Å². The molecule has 5 nitrogen and oxygen atoms in total. The van der Waals surface area contributed by atoms with Crippen molar-refractivity contribution >= 4 is 17.6 Å². The summed E-state index contributed by atoms with van der Waals surface area (Å²) >= 11 is 0. The number of anilines is 1. The third-order valence-electron chi connectivity index (χ3n) is 2.41. The van der Waals surface area contributed by atoms with Gasteiger partial charge in [-0.1, -0.05) is 24.6 Å². The molecule has 0 aliphatic heterocycles. The summed E-state index contributed by atoms with van der Waals surface area (Å²) in [6, 6.07) is 7.23. The average molecular weight is 234 g/mol. The summed E-state index contributed by atoms with van der Waals surface area (Å²) in [6.07, 6.45) is 0. The maximum absolute atomic E-state index is 11.5. The van der Waals surface area contributed by atoms with Crippen molar-refractivity contribution in [2.75, 3.05) is 11.9 Å². The van der Waals surface area contributed by atoms with E-state index < -0.39 is 0 Å². The Morgan fingerprint density at radius 3 is 2.53 bits per heavy atom. The van der Waals surface area contributed by atoms with Crippen LogP contribution in [0.2, 0.25) is 0 Å². The number of amides is 2. The topological polar surface area (TPSA) is 91.0 Å². The van der Waals surface area contributed by atoms with Crippen LogP contribution < -0.4 is 16.4 Å². The monoisotopic (exact) mass is 234 g/mol. The van der Waals surface area contributed by atoms with Gasteiger partial charge in [0.15, 0.2) is 0 Å². The molecular formula is C12H18N4O. The number of benzene rings is 1. The van der Waals surface area contributed by atoms with E-state index in [1.165, 1.54) is 0 Å². The Labute approximate surface area is 101 Å². The first-order valence-corrected chi connectivity index (χ1v) is 5.44. The fourth-order valence-electron chi connectivity index (χ4n) is 1.17. The summed E-state index contributed by atoms with van der Waals surface area (Å²) in [5.74, 6) is -0.0839. The summed E-state index contributed by atoms with van der Waals surface area (Å²) in [5, 5.41) is 12.6. The number of urea groups is 1. The van der Waals surface area contributed by atoms with Crippen LogP contribution in [-0.4, -0.2) is 18.4 Å². The van der Waals surface area contributed by atoms with Crippen LogP contribution in [0, 0.1) is 18.3 Å². The van der Waals surface area contributed by atoms with Gasteiger partial charge in [0.1, 0.15) is 0 Å². The largest absolute Gasteiger partial charge is 0.387 e. The quantitative estimate of drug-likeness (QED) is 0.471. The first-order valence-electron chi connectivity index (χ1n) is 5.44. The molecule has 92 valence electrons. The lowest BCUT2D eigenvalue weighted by atomic mass is 10.1. The molecule has 0 spiro atoms. The second kappa shape index (κ2) is 5.89. The zero-order chi connectivity index (χ0) is 12.8. The van der Waals surface area contributed by atoms with Crippen LogP contribution in [0.1, 0.15) is 12.5 Å². The van der Waals surface area contributed by atoms with Gasteiger partial charge >= 0.3 is 6.03 Å². The Balaban J connectivity index is 2.39. The van der Waals surface area contributed by atoms with Gasteiger partial charge in [-0.25, -0.2) is 4.79 Å². The molecule has 0 aliphatic carbocycles. The summed E-state index contributed by atoms with van der Waals surface area (Å²) in [7, 11) is 0. The molecular weight excluding hydrogens is 216 g/mol. The normalized spacial score (nSPS) is 11.6. The Kier molecular flexibility index (Phi) is 4.51. The first kappa shape index (κ1) is 13.0. The van der Waals surface area contributed by atoms with Crippen molar-refractivity contribution in [2.24, 2.45) is 11.7 Å². The van der Waals surface area contributed by atoms with Crippen molar-refractivity contribution in [2.45, 2.75) is 13.8 Å². The zero-order valence-corrected chi connectivity index (χ0v) is 10.1. The molecule has 0 bridgehead atoms. The minimum atomic E-state index is -0.290. The van der Waals surface area contributed by atoms with E-state index in [1.807, 2.05) is 31.2 Å². The number of hydrogen-bond acceptors (Lipinski definition) is 2. The summed E-state index contributed by atoms with van der Waals surface area (Å²) < 4.78 is 0. The molecule has 1 atom stereocenters. The van der Waals surface area contributed by atoms with Crippen LogP contribution in [0.3, 0.4) is 0 Å². The molecule has 1 aromatic rings. The van der Waals surface area contributed by atoms with E-state index in [9.17, 15) is 4.79 Å². The van der Waals surface area contributed by atoms with Crippen molar-refractivity contribution in [3.8, 4) is 0 Å². The lowest BCUT2D eigenvalue weighted by Crippen LogP contribution is -2.36. The van der Waals surface area contributed by atoms with E-state index in [2.05, 4.69) is 10.6 Å². The third-order valence-corrected chi connectivity index (χ3v) is 2.41. The molecule has 1 unspecified atom stereocenters. The predicted octanol–water partition coefficient (Wildman–Crippen LogP) is 1.69. The number of amidine groups is 1. The highest BCUT2D eigenvalue weighted by Gasteiger charge is 2.07. The van der Waals surface area contributed by atoms with Gasteiger partial charge in [0.25, 0.3) is 0 Å². The third kappa shape index (κ3) is 4.55. The van der Waals surface area contributed by atoms with Gasteiger partial charge in [0.2, 0.25) is 0 Å². The first-order chi connectivity index (χ1) is 7.99. The van der Waals surface area contributed by atoms with E-state index >= 15 is 0 Å². The molecule has 0 saturated heterocycles. The fourth-order valence-corrected chi connectivity index (χ4v) is 1.17. The lowest BCUT2D eigenvalue weighted by Gasteiger charge is -2.11. The van der Waals surface area contributed by atoms with Crippen LogP contribution >= 0.6 is 0 Å². The molecule has 0 fully saturated rings. The van der Waals surface area contributed by atoms with E-state index in [-0.39, 0.29) is 17.8 Å². The minimum absolute atomic E-state index is 0.0700. The number of nitrogens with one attached hydrogen (secondary N) is 3. The van der Waals surface area contributed by atoms with Crippen LogP contribution in [0.5, 0.6) is 0 Å². The molecule has 0 aliphatic rings. The molecule has 0 heterocycles. The fraction of sp³-hybridized carbons (Fsp3) is 0.333. The molecule has 17 heavy (non-hydrogen) atoms. The smallest absolute Gasteiger partial charge is 0.319 e. The van der Waals surface area contributed by atoms with Crippen molar-refractivity contribution in [1.82, 2.24) is 5.32 Å². The summed E-state index contributed by atoms with van der Waals surface area (Å²) in [4.78, 5) is 11.5. The SMILES string of the molecule is Cc1ccc(NC(=O)NCC(C)C(=N)N)cc1. The number of nitrogens with two attached hydrogens (primary N) is 1. The summed E-state index contributed by atoms with van der Waals surface area (Å²) in [6.45, 7) is 4.12. The maximum Gasteiger partial charge on any atom is 0.319 e. The van der Waals surface area contributed by atoms with E-state index in [4.69, 9.17) is 11.1 Å². The van der Waals surface area contributed by atoms with Crippen LogP contribution in [-0.2, 0) is 0 Å². The molecule has 0 aromatic heterocycles. The Morgan fingerprint density at radius 2 is 2.00 bits per heavy atom. The molecule has 0 saturated carbocycles. The minimum Gasteiger partial charge on any atom is -0.387 e. The van der Waals surface area contributed by atoms with E-state index in [0.717, 1.165) is 11.3 Å². The van der Waals surface area contributed by atoms with Gasteiger partial charge in [-0.2, -0.15) is 0 Å². The summed E-state index contributed by atoms with van der Waals surface area (Å²) in [5.41, 5.74) is 7.18. The van der Waals surface area contributed by atoms with Crippen molar-refractivity contribution in [1.29, 1.82) is 5.41 Å². The van der Waals surface area contributed by atoms with Crippen molar-refractivity contribution in [3.05, 3.63) is 29.8 Å². The Hall–Kier alpha value is -2.04. The van der Waals surface area contributed by atoms with Crippen LogP contribution in [0.4, 0.5) is 10.5 Å². The van der Waals surface area contributed by atoms with Gasteiger partial charge in [-0.15, -0.1) is 0 Å². The van der Waals surface area contributed by atoms with E-state index in [1.54, 1.807) is 6.92 Å². The van der Waals surface area contributed by atoms with Gasteiger partial charge in [-0.3, -0.25) is 5.41 Å². The van der Waals surface area contributed by atoms with Gasteiger partial charge < -0.3 is 16.4 Å². The molecule has 2 amide bonds. The molecule has 5 N–H and O–H groups in total. The number of rotatable bonds is 4. The Bertz CT molecular complexity index is 399. The zero-order valence-electron chi connectivity index (χ0n) is 10.1. The number of hydrogen-bond donors (Lipinski definition) is 4. The lowest BCUT2D eigenvalue weighted by molar-refractivity contribution is 0.251. The van der Waals surface area contributed by atoms with Gasteiger partial charge in [0, 0.05) is 18.2 Å².